The van der Waals surface area contributed by atoms with Crippen molar-refractivity contribution in [2.45, 2.75) is 231 Å². The Bertz CT molecular complexity index is 5680. The molecule has 18 rings (SSSR count). The predicted molar refractivity (Wildman–Crippen MR) is 451 cm³/mol. The van der Waals surface area contributed by atoms with Gasteiger partial charge in [-0.05, 0) is 200 Å². The van der Waals surface area contributed by atoms with Crippen LogP contribution in [0.5, 0.6) is 0 Å². The Hall–Kier alpha value is -9.38. The highest BCUT2D eigenvalue weighted by atomic mass is 16.3. The molecular weight excluding hydrogens is 1290 g/mol. The maximum atomic E-state index is 7.70. The first-order chi connectivity index (χ1) is 51.9. The SMILES string of the molecule is CCCCCCCC1(CCCCCCC)c2cc(N(c3ccc4c(c3)C(C)(C)c3cc5c(cc3-4)C(C)(C)c3ccc4oc6ccccc6c4c3-5)c3ccc4c(c3)c3ccccc3n4-c3ccccc3)ccc2-c2c1c1c(c3c2oc2ccccc23)-c2ccccc2C1(CCCCCCC)CCCCCCC. The van der Waals surface area contributed by atoms with Crippen LogP contribution in [0.4, 0.5) is 17.1 Å². The Morgan fingerprint density at radius 2 is 0.774 bits per heavy atom. The van der Waals surface area contributed by atoms with Crippen LogP contribution in [-0.4, -0.2) is 4.57 Å². The molecule has 3 aromatic heterocycles. The minimum Gasteiger partial charge on any atom is -0.456 e. The summed E-state index contributed by atoms with van der Waals surface area (Å²) < 4.78 is 16.8. The van der Waals surface area contributed by atoms with Gasteiger partial charge in [0.05, 0.1) is 11.0 Å². The van der Waals surface area contributed by atoms with E-state index in [2.05, 4.69) is 271 Å². The zero-order valence-electron chi connectivity index (χ0n) is 64.3. The monoisotopic (exact) mass is 1390 g/mol. The molecule has 4 nitrogen and oxygen atoms in total. The number of hydrogen-bond acceptors (Lipinski definition) is 3. The molecule has 0 atom stereocenters. The second-order valence-electron chi connectivity index (χ2n) is 33.5. The first-order valence-electron chi connectivity index (χ1n) is 41.4. The van der Waals surface area contributed by atoms with Crippen LogP contribution in [0.3, 0.4) is 0 Å². The third-order valence-electron chi connectivity index (χ3n) is 26.5. The largest absolute Gasteiger partial charge is 0.456 e. The third-order valence-corrected chi connectivity index (χ3v) is 26.5. The maximum Gasteiger partial charge on any atom is 0.144 e. The number of hydrogen-bond donors (Lipinski definition) is 0. The molecule has 0 spiro atoms. The highest BCUT2D eigenvalue weighted by Crippen LogP contribution is 2.68. The van der Waals surface area contributed by atoms with Crippen LogP contribution in [0, 0.1) is 0 Å². The smallest absolute Gasteiger partial charge is 0.144 e. The van der Waals surface area contributed by atoms with Gasteiger partial charge in [-0.25, -0.2) is 0 Å². The van der Waals surface area contributed by atoms with Crippen LogP contribution in [0.15, 0.2) is 215 Å². The van der Waals surface area contributed by atoms with Crippen LogP contribution < -0.4 is 4.90 Å². The Morgan fingerprint density at radius 3 is 1.43 bits per heavy atom. The molecule has 4 aliphatic carbocycles. The second kappa shape index (κ2) is 27.4. The molecule has 0 N–H and O–H groups in total. The molecule has 0 aliphatic heterocycles. The third kappa shape index (κ3) is 10.7. The van der Waals surface area contributed by atoms with Gasteiger partial charge in [-0.1, -0.05) is 299 Å². The lowest BCUT2D eigenvalue weighted by Gasteiger charge is -2.40. The van der Waals surface area contributed by atoms with Gasteiger partial charge < -0.3 is 18.3 Å². The van der Waals surface area contributed by atoms with E-state index in [1.54, 1.807) is 16.7 Å². The fourth-order valence-corrected chi connectivity index (χ4v) is 21.3. The van der Waals surface area contributed by atoms with Gasteiger partial charge in [0.2, 0.25) is 0 Å². The Morgan fingerprint density at radius 1 is 0.302 bits per heavy atom. The van der Waals surface area contributed by atoms with Crippen molar-refractivity contribution in [3.8, 4) is 50.2 Å². The lowest BCUT2D eigenvalue weighted by molar-refractivity contribution is 0.369. The molecule has 3 heterocycles. The average Bonchev–Trinajstić information content (AvgIpc) is 1.49. The summed E-state index contributed by atoms with van der Waals surface area (Å²) in [4.78, 5) is 2.68. The van der Waals surface area contributed by atoms with Gasteiger partial charge >= 0.3 is 0 Å². The zero-order valence-corrected chi connectivity index (χ0v) is 64.3. The predicted octanol–water partition coefficient (Wildman–Crippen LogP) is 30.6. The molecule has 0 saturated heterocycles. The van der Waals surface area contributed by atoms with E-state index >= 15 is 0 Å². The Balaban J connectivity index is 0.885. The topological polar surface area (TPSA) is 34.5 Å². The molecular formula is C102H106N2O2. The van der Waals surface area contributed by atoms with Crippen molar-refractivity contribution in [1.82, 2.24) is 4.57 Å². The number of unbranched alkanes of at least 4 members (excludes halogenated alkanes) is 16. The summed E-state index contributed by atoms with van der Waals surface area (Å²) in [5, 5.41) is 7.51. The fourth-order valence-electron chi connectivity index (χ4n) is 21.3. The molecule has 0 saturated carbocycles. The van der Waals surface area contributed by atoms with Gasteiger partial charge in [0.1, 0.15) is 22.3 Å². The minimum atomic E-state index is -0.327. The molecule has 14 aromatic rings. The van der Waals surface area contributed by atoms with Crippen LogP contribution in [0.2, 0.25) is 0 Å². The van der Waals surface area contributed by atoms with E-state index in [4.69, 9.17) is 8.83 Å². The number of benzene rings is 11. The number of fused-ring (bicyclic) bond motifs is 25. The highest BCUT2D eigenvalue weighted by Gasteiger charge is 2.54. The van der Waals surface area contributed by atoms with Gasteiger partial charge in [0.15, 0.2) is 0 Å². The lowest BCUT2D eigenvalue weighted by atomic mass is 9.62. The van der Waals surface area contributed by atoms with Crippen molar-refractivity contribution in [3.63, 3.8) is 0 Å². The summed E-state index contributed by atoms with van der Waals surface area (Å²) in [6.07, 6.45) is 29.6. The summed E-state index contributed by atoms with van der Waals surface area (Å²) in [6.45, 7) is 19.4. The Labute approximate surface area is 629 Å². The molecule has 0 fully saturated rings. The van der Waals surface area contributed by atoms with E-state index in [-0.39, 0.29) is 21.7 Å². The van der Waals surface area contributed by atoms with Crippen molar-refractivity contribution in [2.75, 3.05) is 4.90 Å². The minimum absolute atomic E-state index is 0.157. The van der Waals surface area contributed by atoms with Gasteiger partial charge in [-0.2, -0.15) is 0 Å². The summed E-state index contributed by atoms with van der Waals surface area (Å²) in [7, 11) is 0. The van der Waals surface area contributed by atoms with Crippen molar-refractivity contribution in [2.24, 2.45) is 0 Å². The molecule has 0 bridgehead atoms. The van der Waals surface area contributed by atoms with Gasteiger partial charge in [-0.3, -0.25) is 0 Å². The van der Waals surface area contributed by atoms with Crippen molar-refractivity contribution >= 4 is 82.7 Å². The molecule has 536 valence electrons. The van der Waals surface area contributed by atoms with Gasteiger partial charge in [-0.15, -0.1) is 0 Å². The van der Waals surface area contributed by atoms with Crippen LogP contribution in [-0.2, 0) is 21.7 Å². The maximum absolute atomic E-state index is 7.70. The van der Waals surface area contributed by atoms with Gasteiger partial charge in [0, 0.05) is 82.3 Å². The molecule has 4 heteroatoms. The number of anilines is 3. The highest BCUT2D eigenvalue weighted by molar-refractivity contribution is 6.21. The van der Waals surface area contributed by atoms with Crippen molar-refractivity contribution in [3.05, 3.63) is 251 Å². The zero-order chi connectivity index (χ0) is 72.1. The normalized spacial score (nSPS) is 15.1. The molecule has 4 aliphatic rings. The van der Waals surface area contributed by atoms with Crippen LogP contribution in [0.25, 0.3) is 116 Å². The summed E-state index contributed by atoms with van der Waals surface area (Å²) >= 11 is 0. The first kappa shape index (κ1) is 68.4. The van der Waals surface area contributed by atoms with E-state index in [0.29, 0.717) is 0 Å². The quantitative estimate of drug-likeness (QED) is 0.0458. The van der Waals surface area contributed by atoms with E-state index in [9.17, 15) is 0 Å². The molecule has 0 unspecified atom stereocenters. The van der Waals surface area contributed by atoms with Gasteiger partial charge in [0.25, 0.3) is 0 Å². The Kier molecular flexibility index (Phi) is 17.7. The molecule has 0 radical (unpaired) electrons. The molecule has 0 amide bonds. The first-order valence-corrected chi connectivity index (χ1v) is 41.4. The standard InChI is InChI=1S/C102H106N2O2/c1-9-13-17-21-36-58-101(59-37-22-18-14-10-2)80-46-32-28-43-73(80)93-94-76-45-31-35-49-89(76)106-98(94)95-74-54-51-70(64-85(74)102(97(95)96(93)101,60-38-23-19-15-11-3)61-39-24-20-16-12-4)103(68-52-56-87-78(62-68)72-42-29-33-47-86(72)104(87)67-40-26-25-27-41-67)69-50-53-71-77-65-84-79(66-83(77)100(7,8)82(71)63-69)91-81(99(84,5)6)55-57-90-92(91)75-44-30-34-48-88(75)105-90/h25-35,40-57,62-66H,9-24,36-39,58-61H2,1-8H3. The van der Waals surface area contributed by atoms with E-state index in [1.807, 2.05) is 0 Å². The van der Waals surface area contributed by atoms with Crippen molar-refractivity contribution < 1.29 is 8.83 Å². The van der Waals surface area contributed by atoms with E-state index < -0.39 is 0 Å². The number of rotatable bonds is 28. The summed E-state index contributed by atoms with van der Waals surface area (Å²) in [5.41, 5.74) is 33.1. The second-order valence-corrected chi connectivity index (χ2v) is 33.5. The lowest BCUT2D eigenvalue weighted by Crippen LogP contribution is -2.33. The number of aromatic nitrogens is 1. The fraction of sp³-hybridized carbons (Fsp3) is 0.353. The number of para-hydroxylation sites is 4. The van der Waals surface area contributed by atoms with E-state index in [0.717, 1.165) is 40.9 Å². The van der Waals surface area contributed by atoms with Crippen LogP contribution in [0.1, 0.15) is 254 Å². The molecule has 106 heavy (non-hydrogen) atoms. The number of nitrogens with zero attached hydrogens (tertiary/aromatic N) is 2. The number of furan rings is 2. The van der Waals surface area contributed by atoms with Crippen molar-refractivity contribution in [1.29, 1.82) is 0 Å². The molecule has 11 aromatic carbocycles. The van der Waals surface area contributed by atoms with E-state index in [1.165, 1.54) is 274 Å². The average molecular weight is 1390 g/mol. The summed E-state index contributed by atoms with van der Waals surface area (Å²) in [6, 6.07) is 80.3. The summed E-state index contributed by atoms with van der Waals surface area (Å²) in [5.74, 6) is 0. The van der Waals surface area contributed by atoms with Crippen LogP contribution >= 0.6 is 0 Å².